The van der Waals surface area contributed by atoms with Crippen LogP contribution in [0.4, 0.5) is 0 Å². The van der Waals surface area contributed by atoms with Gasteiger partial charge in [-0.2, -0.15) is 0 Å². The summed E-state index contributed by atoms with van der Waals surface area (Å²) in [5, 5.41) is 18.1. The predicted molar refractivity (Wildman–Crippen MR) is 179 cm³/mol. The van der Waals surface area contributed by atoms with E-state index in [1.807, 2.05) is 29.2 Å². The summed E-state index contributed by atoms with van der Waals surface area (Å²) in [6.07, 6.45) is 2.68. The number of para-hydroxylation sites is 1. The smallest absolute Gasteiger partial charge is 0.255 e. The highest BCUT2D eigenvalue weighted by atomic mass is 16.5. The van der Waals surface area contributed by atoms with E-state index >= 15 is 0 Å². The zero-order valence-electron chi connectivity index (χ0n) is 27.2. The SMILES string of the molecule is O=C1C[C@@H](C(=O)NCc2ccc(CN3CCCC3=O)cc2)NC(=O)c2ccccc2OC[C@H]2CCCN2C(=O)[C@H](Cc2ccc(O)cc2)N1. The molecule has 0 spiro atoms. The zero-order valence-corrected chi connectivity index (χ0v) is 27.2. The standard InChI is InChI=1S/C37H41N5O7/c43-28-15-13-24(14-16-28)19-31-37(48)42-18-3-5-27(42)23-49-32-7-2-1-6-29(32)35(46)40-30(20-33(44)39-31)36(47)38-21-25-9-11-26(12-10-25)22-41-17-4-8-34(41)45/h1-2,6-7,9-16,27,30-31,43H,3-5,8,17-23H2,(H,38,47)(H,39,44)(H,40,46)/t27-,30+,31+/m1/s1. The van der Waals surface area contributed by atoms with Gasteiger partial charge in [0.1, 0.15) is 30.2 Å². The van der Waals surface area contributed by atoms with Crippen LogP contribution in [-0.4, -0.2) is 82.3 Å². The first-order valence-corrected chi connectivity index (χ1v) is 16.8. The Bertz CT molecular complexity index is 1690. The van der Waals surface area contributed by atoms with E-state index in [0.717, 1.165) is 36.1 Å². The highest BCUT2D eigenvalue weighted by molar-refractivity contribution is 6.01. The molecule has 12 nitrogen and oxygen atoms in total. The van der Waals surface area contributed by atoms with Gasteiger partial charge in [0.25, 0.3) is 5.91 Å². The third kappa shape index (κ3) is 8.37. The average Bonchev–Trinajstić information content (AvgIpc) is 3.75. The number of benzene rings is 3. The number of nitrogens with zero attached hydrogens (tertiary/aromatic N) is 2. The maximum absolute atomic E-state index is 14.0. The van der Waals surface area contributed by atoms with Gasteiger partial charge < -0.3 is 35.6 Å². The summed E-state index contributed by atoms with van der Waals surface area (Å²) in [5.74, 6) is -1.42. The number of rotatable bonds is 7. The van der Waals surface area contributed by atoms with Gasteiger partial charge in [0, 0.05) is 39.0 Å². The van der Waals surface area contributed by atoms with E-state index in [9.17, 15) is 29.1 Å². The van der Waals surface area contributed by atoms with E-state index in [-0.39, 0.29) is 48.7 Å². The van der Waals surface area contributed by atoms with Crippen LogP contribution in [0, 0.1) is 0 Å². The molecular weight excluding hydrogens is 626 g/mol. The van der Waals surface area contributed by atoms with Crippen LogP contribution in [0.25, 0.3) is 0 Å². The van der Waals surface area contributed by atoms with Gasteiger partial charge in [-0.05, 0) is 60.2 Å². The second-order valence-corrected chi connectivity index (χ2v) is 12.8. The van der Waals surface area contributed by atoms with Gasteiger partial charge >= 0.3 is 0 Å². The molecular formula is C37H41N5O7. The van der Waals surface area contributed by atoms with Crippen LogP contribution in [0.5, 0.6) is 11.5 Å². The fourth-order valence-electron chi connectivity index (χ4n) is 6.58. The van der Waals surface area contributed by atoms with Gasteiger partial charge in [-0.15, -0.1) is 0 Å². The largest absolute Gasteiger partial charge is 0.508 e. The Morgan fingerprint density at radius 3 is 2.37 bits per heavy atom. The molecule has 12 heteroatoms. The molecule has 3 aliphatic heterocycles. The molecule has 3 atom stereocenters. The Morgan fingerprint density at radius 1 is 0.878 bits per heavy atom. The van der Waals surface area contributed by atoms with E-state index in [0.29, 0.717) is 31.7 Å². The molecule has 0 saturated carbocycles. The van der Waals surface area contributed by atoms with Gasteiger partial charge in [-0.25, -0.2) is 0 Å². The second kappa shape index (κ2) is 15.2. The van der Waals surface area contributed by atoms with Crippen molar-refractivity contribution < 1.29 is 33.8 Å². The first-order chi connectivity index (χ1) is 23.7. The van der Waals surface area contributed by atoms with Gasteiger partial charge in [0.15, 0.2) is 0 Å². The summed E-state index contributed by atoms with van der Waals surface area (Å²) in [4.78, 5) is 70.2. The predicted octanol–water partition coefficient (Wildman–Crippen LogP) is 2.43. The number of likely N-dealkylation sites (tertiary alicyclic amines) is 1. The number of carbonyl (C=O) groups excluding carboxylic acids is 5. The van der Waals surface area contributed by atoms with Crippen LogP contribution < -0.4 is 20.7 Å². The molecule has 256 valence electrons. The molecule has 3 heterocycles. The molecule has 2 saturated heterocycles. The number of phenols is 1. The topological polar surface area (TPSA) is 157 Å². The van der Waals surface area contributed by atoms with E-state index < -0.39 is 36.2 Å². The van der Waals surface area contributed by atoms with Gasteiger partial charge in [-0.3, -0.25) is 24.0 Å². The van der Waals surface area contributed by atoms with Crippen molar-refractivity contribution in [2.45, 2.75) is 69.7 Å². The van der Waals surface area contributed by atoms with Gasteiger partial charge in [0.2, 0.25) is 23.6 Å². The number of carbonyl (C=O) groups is 5. The van der Waals surface area contributed by atoms with Crippen molar-refractivity contribution in [3.05, 3.63) is 95.1 Å². The summed E-state index contributed by atoms with van der Waals surface area (Å²) in [5.41, 5.74) is 2.74. The van der Waals surface area contributed by atoms with Crippen molar-refractivity contribution in [1.29, 1.82) is 0 Å². The fraction of sp³-hybridized carbons (Fsp3) is 0.378. The minimum absolute atomic E-state index is 0.0845. The number of hydrogen-bond donors (Lipinski definition) is 4. The molecule has 3 aliphatic rings. The summed E-state index contributed by atoms with van der Waals surface area (Å²) in [6, 6.07) is 18.2. The fourth-order valence-corrected chi connectivity index (χ4v) is 6.58. The summed E-state index contributed by atoms with van der Waals surface area (Å²) in [6.45, 7) is 2.09. The van der Waals surface area contributed by atoms with E-state index in [2.05, 4.69) is 16.0 Å². The molecule has 0 aliphatic carbocycles. The number of aromatic hydroxyl groups is 1. The molecule has 0 aromatic heterocycles. The molecule has 5 amide bonds. The van der Waals surface area contributed by atoms with Crippen molar-refractivity contribution in [1.82, 2.24) is 25.8 Å². The van der Waals surface area contributed by atoms with Crippen LogP contribution in [0.1, 0.15) is 59.2 Å². The molecule has 3 aromatic rings. The molecule has 3 aromatic carbocycles. The number of amides is 5. The molecule has 0 bridgehead atoms. The molecule has 49 heavy (non-hydrogen) atoms. The quantitative estimate of drug-likeness (QED) is 0.302. The lowest BCUT2D eigenvalue weighted by atomic mass is 10.0. The zero-order chi connectivity index (χ0) is 34.3. The lowest BCUT2D eigenvalue weighted by Gasteiger charge is -2.30. The maximum atomic E-state index is 14.0. The Labute approximate surface area is 284 Å². The molecule has 0 unspecified atom stereocenters. The summed E-state index contributed by atoms with van der Waals surface area (Å²) in [7, 11) is 0. The van der Waals surface area contributed by atoms with Crippen LogP contribution in [-0.2, 0) is 38.7 Å². The number of phenolic OH excluding ortho intramolecular Hbond substituents is 1. The van der Waals surface area contributed by atoms with Crippen LogP contribution >= 0.6 is 0 Å². The average molecular weight is 668 g/mol. The van der Waals surface area contributed by atoms with Crippen LogP contribution in [0.15, 0.2) is 72.8 Å². The Morgan fingerprint density at radius 2 is 1.61 bits per heavy atom. The van der Waals surface area contributed by atoms with Crippen molar-refractivity contribution in [2.75, 3.05) is 19.7 Å². The third-order valence-electron chi connectivity index (χ3n) is 9.28. The van der Waals surface area contributed by atoms with Gasteiger partial charge in [-0.1, -0.05) is 48.5 Å². The van der Waals surface area contributed by atoms with E-state index in [1.54, 1.807) is 41.3 Å². The normalized spacial score (nSPS) is 21.6. The summed E-state index contributed by atoms with van der Waals surface area (Å²) < 4.78 is 6.12. The van der Waals surface area contributed by atoms with Crippen LogP contribution in [0.3, 0.4) is 0 Å². The number of nitrogens with one attached hydrogen (secondary N) is 3. The molecule has 0 radical (unpaired) electrons. The Hall–Kier alpha value is -5.39. The van der Waals surface area contributed by atoms with E-state index in [4.69, 9.17) is 4.74 Å². The minimum Gasteiger partial charge on any atom is -0.508 e. The van der Waals surface area contributed by atoms with Crippen molar-refractivity contribution in [2.24, 2.45) is 0 Å². The minimum atomic E-state index is -1.26. The van der Waals surface area contributed by atoms with Crippen molar-refractivity contribution in [3.63, 3.8) is 0 Å². The second-order valence-electron chi connectivity index (χ2n) is 12.8. The first kappa shape index (κ1) is 33.5. The van der Waals surface area contributed by atoms with Gasteiger partial charge in [0.05, 0.1) is 18.0 Å². The highest BCUT2D eigenvalue weighted by Crippen LogP contribution is 2.24. The summed E-state index contributed by atoms with van der Waals surface area (Å²) >= 11 is 0. The van der Waals surface area contributed by atoms with E-state index in [1.165, 1.54) is 12.1 Å². The Balaban J connectivity index is 1.20. The third-order valence-corrected chi connectivity index (χ3v) is 9.28. The highest BCUT2D eigenvalue weighted by Gasteiger charge is 2.36. The van der Waals surface area contributed by atoms with Crippen LogP contribution in [0.2, 0.25) is 0 Å². The van der Waals surface area contributed by atoms with Crippen molar-refractivity contribution >= 4 is 29.5 Å². The first-order valence-electron chi connectivity index (χ1n) is 16.8. The number of hydrogen-bond acceptors (Lipinski definition) is 7. The lowest BCUT2D eigenvalue weighted by molar-refractivity contribution is -0.138. The molecule has 6 rings (SSSR count). The Kier molecular flexibility index (Phi) is 10.4. The monoisotopic (exact) mass is 667 g/mol. The number of ether oxygens (including phenoxy) is 1. The molecule has 4 N–H and O–H groups in total. The lowest BCUT2D eigenvalue weighted by Crippen LogP contribution is -2.54. The number of fused-ring (bicyclic) bond motifs is 2. The maximum Gasteiger partial charge on any atom is 0.255 e. The van der Waals surface area contributed by atoms with Crippen molar-refractivity contribution in [3.8, 4) is 11.5 Å². The molecule has 2 fully saturated rings.